The minimum Gasteiger partial charge on any atom is -0.453 e. The van der Waals surface area contributed by atoms with Crippen LogP contribution >= 0.6 is 23.2 Å². The average molecular weight is 519 g/mol. The zero-order valence-electron chi connectivity index (χ0n) is 19.3. The molecular weight excluding hydrogens is 495 g/mol. The van der Waals surface area contributed by atoms with Gasteiger partial charge in [0, 0.05) is 42.2 Å². The van der Waals surface area contributed by atoms with Gasteiger partial charge in [0.25, 0.3) is 0 Å². The molecule has 1 unspecified atom stereocenters. The van der Waals surface area contributed by atoms with Crippen molar-refractivity contribution in [3.8, 4) is 22.7 Å². The Kier molecular flexibility index (Phi) is 7.42. The van der Waals surface area contributed by atoms with E-state index in [1.807, 2.05) is 6.92 Å². The largest absolute Gasteiger partial charge is 0.453 e. The number of amides is 2. The minimum atomic E-state index is -0.523. The number of halogens is 2. The lowest BCUT2D eigenvalue weighted by atomic mass is 10.1. The number of anilines is 2. The van der Waals surface area contributed by atoms with Crippen LogP contribution in [0.4, 0.5) is 16.4 Å². The number of rotatable bonds is 8. The van der Waals surface area contributed by atoms with Gasteiger partial charge in [-0.05, 0) is 38.0 Å². The highest BCUT2D eigenvalue weighted by atomic mass is 35.5. The first-order valence-electron chi connectivity index (χ1n) is 10.9. The number of carbonyl (C=O) groups excluding carboxylic acids is 2. The molecule has 3 aromatic rings. The van der Waals surface area contributed by atoms with Crippen molar-refractivity contribution in [2.45, 2.75) is 38.6 Å². The van der Waals surface area contributed by atoms with Gasteiger partial charge in [0.15, 0.2) is 11.7 Å². The van der Waals surface area contributed by atoms with Gasteiger partial charge in [0.05, 0.1) is 17.8 Å². The molecule has 3 N–H and O–H groups in total. The van der Waals surface area contributed by atoms with Crippen LogP contribution in [0.25, 0.3) is 22.7 Å². The second kappa shape index (κ2) is 10.5. The Hall–Kier alpha value is -3.37. The van der Waals surface area contributed by atoms with Crippen molar-refractivity contribution in [2.24, 2.45) is 0 Å². The molecule has 0 spiro atoms. The minimum absolute atomic E-state index is 0.227. The summed E-state index contributed by atoms with van der Waals surface area (Å²) in [7, 11) is 1.30. The summed E-state index contributed by atoms with van der Waals surface area (Å²) in [4.78, 5) is 36.6. The van der Waals surface area contributed by atoms with Crippen molar-refractivity contribution < 1.29 is 18.7 Å². The van der Waals surface area contributed by atoms with Crippen molar-refractivity contribution in [1.82, 2.24) is 20.3 Å². The summed E-state index contributed by atoms with van der Waals surface area (Å²) in [6.45, 7) is 3.58. The van der Waals surface area contributed by atoms with Crippen LogP contribution in [0, 0.1) is 0 Å². The molecule has 1 aliphatic carbocycles. The molecule has 1 aliphatic rings. The summed E-state index contributed by atoms with van der Waals surface area (Å²) < 4.78 is 10.8. The molecule has 1 atom stereocenters. The third-order valence-corrected chi connectivity index (χ3v) is 5.80. The van der Waals surface area contributed by atoms with Crippen LogP contribution in [0.3, 0.4) is 0 Å². The van der Waals surface area contributed by atoms with Crippen molar-refractivity contribution in [3.63, 3.8) is 0 Å². The topological polar surface area (TPSA) is 131 Å². The fourth-order valence-electron chi connectivity index (χ4n) is 3.37. The molecule has 10 nitrogen and oxygen atoms in total. The summed E-state index contributed by atoms with van der Waals surface area (Å²) in [5.74, 6) is 1.31. The van der Waals surface area contributed by atoms with Crippen LogP contribution in [0.5, 0.6) is 0 Å². The van der Waals surface area contributed by atoms with E-state index in [9.17, 15) is 9.59 Å². The molecule has 2 aromatic heterocycles. The highest BCUT2D eigenvalue weighted by Gasteiger charge is 2.32. The zero-order valence-corrected chi connectivity index (χ0v) is 20.8. The quantitative estimate of drug-likeness (QED) is 0.375. The van der Waals surface area contributed by atoms with E-state index in [1.54, 1.807) is 24.4 Å². The standard InChI is InChI=1S/C23H24Cl2N6O4/c1-11(28-23(33)34-3)10-27-22-26-7-6-16(30-22)20-19(31-21(35-20)13-4-5-13)15-8-14(24)9-17(18(15)25)29-12(2)32/h6-9,11,13H,4-5,10H2,1-3H3,(H,28,33)(H,29,32)(H,26,27,30). The molecule has 2 amide bonds. The molecule has 0 saturated heterocycles. The number of hydrogen-bond donors (Lipinski definition) is 3. The number of methoxy groups -OCH3 is 1. The monoisotopic (exact) mass is 518 g/mol. The smallest absolute Gasteiger partial charge is 0.407 e. The summed E-state index contributed by atoms with van der Waals surface area (Å²) in [5.41, 5.74) is 1.84. The highest BCUT2D eigenvalue weighted by molar-refractivity contribution is 6.38. The van der Waals surface area contributed by atoms with Gasteiger partial charge in [-0.25, -0.2) is 19.7 Å². The van der Waals surface area contributed by atoms with Crippen LogP contribution < -0.4 is 16.0 Å². The Morgan fingerprint density at radius 1 is 1.26 bits per heavy atom. The van der Waals surface area contributed by atoms with E-state index in [4.69, 9.17) is 32.6 Å². The fourth-order valence-corrected chi connectivity index (χ4v) is 3.83. The fraction of sp³-hybridized carbons (Fsp3) is 0.348. The Bertz CT molecular complexity index is 1260. The second-order valence-electron chi connectivity index (χ2n) is 8.18. The van der Waals surface area contributed by atoms with Crippen LogP contribution in [-0.4, -0.2) is 46.6 Å². The molecule has 0 bridgehead atoms. The molecule has 0 aliphatic heterocycles. The van der Waals surface area contributed by atoms with Gasteiger partial charge in [0.1, 0.15) is 11.4 Å². The maximum absolute atomic E-state index is 11.6. The van der Waals surface area contributed by atoms with E-state index in [0.29, 0.717) is 51.8 Å². The van der Waals surface area contributed by atoms with Gasteiger partial charge in [-0.15, -0.1) is 0 Å². The first-order chi connectivity index (χ1) is 16.7. The van der Waals surface area contributed by atoms with E-state index in [0.717, 1.165) is 12.8 Å². The predicted molar refractivity (Wildman–Crippen MR) is 133 cm³/mol. The number of aromatic nitrogens is 3. The maximum Gasteiger partial charge on any atom is 0.407 e. The molecule has 12 heteroatoms. The number of benzene rings is 1. The van der Waals surface area contributed by atoms with Gasteiger partial charge >= 0.3 is 6.09 Å². The normalized spacial score (nSPS) is 13.7. The van der Waals surface area contributed by atoms with Gasteiger partial charge in [-0.3, -0.25) is 4.79 Å². The van der Waals surface area contributed by atoms with Gasteiger partial charge in [-0.2, -0.15) is 0 Å². The molecular formula is C23H24Cl2N6O4. The molecule has 184 valence electrons. The van der Waals surface area contributed by atoms with Crippen molar-refractivity contribution >= 4 is 46.8 Å². The van der Waals surface area contributed by atoms with Gasteiger partial charge < -0.3 is 25.1 Å². The number of ether oxygens (including phenoxy) is 1. The number of nitrogens with zero attached hydrogens (tertiary/aromatic N) is 3. The summed E-state index contributed by atoms with van der Waals surface area (Å²) >= 11 is 13.0. The zero-order chi connectivity index (χ0) is 25.1. The van der Waals surface area contributed by atoms with E-state index in [-0.39, 0.29) is 22.9 Å². The SMILES string of the molecule is COC(=O)NC(C)CNc1nccc(-c2oc(C3CC3)nc2-c2cc(Cl)cc(NC(C)=O)c2Cl)n1. The molecule has 4 rings (SSSR count). The van der Waals surface area contributed by atoms with Gasteiger partial charge in [-0.1, -0.05) is 23.2 Å². The van der Waals surface area contributed by atoms with Crippen LogP contribution in [0.2, 0.25) is 10.0 Å². The van der Waals surface area contributed by atoms with Crippen molar-refractivity contribution in [2.75, 3.05) is 24.3 Å². The Morgan fingerprint density at radius 3 is 2.71 bits per heavy atom. The van der Waals surface area contributed by atoms with Crippen LogP contribution in [-0.2, 0) is 9.53 Å². The Balaban J connectivity index is 1.68. The first kappa shape index (κ1) is 24.7. The van der Waals surface area contributed by atoms with E-state index in [1.165, 1.54) is 14.0 Å². The number of oxazole rings is 1. The van der Waals surface area contributed by atoms with Gasteiger partial charge in [0.2, 0.25) is 11.9 Å². The average Bonchev–Trinajstić information content (AvgIpc) is 3.58. The Morgan fingerprint density at radius 2 is 2.03 bits per heavy atom. The maximum atomic E-state index is 11.6. The lowest BCUT2D eigenvalue weighted by Crippen LogP contribution is -2.37. The summed E-state index contributed by atoms with van der Waals surface area (Å²) in [6, 6.07) is 4.73. The predicted octanol–water partition coefficient (Wildman–Crippen LogP) is 5.10. The van der Waals surface area contributed by atoms with Crippen LogP contribution in [0.1, 0.15) is 38.5 Å². The van der Waals surface area contributed by atoms with E-state index in [2.05, 4.69) is 30.7 Å². The molecule has 1 saturated carbocycles. The summed E-state index contributed by atoms with van der Waals surface area (Å²) in [5, 5.41) is 9.11. The van der Waals surface area contributed by atoms with E-state index < -0.39 is 6.09 Å². The molecule has 2 heterocycles. The highest BCUT2D eigenvalue weighted by Crippen LogP contribution is 2.46. The third-order valence-electron chi connectivity index (χ3n) is 5.18. The van der Waals surface area contributed by atoms with Crippen molar-refractivity contribution in [3.05, 3.63) is 40.3 Å². The lowest BCUT2D eigenvalue weighted by molar-refractivity contribution is -0.114. The molecule has 1 fully saturated rings. The third kappa shape index (κ3) is 6.01. The van der Waals surface area contributed by atoms with Crippen LogP contribution in [0.15, 0.2) is 28.8 Å². The number of nitrogens with one attached hydrogen (secondary N) is 3. The van der Waals surface area contributed by atoms with E-state index >= 15 is 0 Å². The Labute approximate surface area is 211 Å². The lowest BCUT2D eigenvalue weighted by Gasteiger charge is -2.14. The first-order valence-corrected chi connectivity index (χ1v) is 11.7. The molecule has 1 aromatic carbocycles. The summed E-state index contributed by atoms with van der Waals surface area (Å²) in [6.07, 6.45) is 3.04. The second-order valence-corrected chi connectivity index (χ2v) is 9.00. The number of alkyl carbamates (subject to hydrolysis) is 1. The van der Waals surface area contributed by atoms with Crippen molar-refractivity contribution in [1.29, 1.82) is 0 Å². The molecule has 0 radical (unpaired) electrons. The molecule has 35 heavy (non-hydrogen) atoms. The number of carbonyl (C=O) groups is 2. The number of hydrogen-bond acceptors (Lipinski definition) is 8.